The van der Waals surface area contributed by atoms with Crippen LogP contribution in [0.3, 0.4) is 0 Å². The molecule has 1 aromatic rings. The molecule has 2 rings (SSSR count). The Labute approximate surface area is 85.7 Å². The molecule has 0 radical (unpaired) electrons. The first-order valence-electron chi connectivity index (χ1n) is 5.31. The lowest BCUT2D eigenvalue weighted by atomic mass is 9.73. The van der Waals surface area contributed by atoms with Gasteiger partial charge < -0.3 is 9.73 Å². The van der Waals surface area contributed by atoms with Gasteiger partial charge in [0.15, 0.2) is 0 Å². The molecule has 0 saturated heterocycles. The fourth-order valence-corrected chi connectivity index (χ4v) is 2.50. The van der Waals surface area contributed by atoms with E-state index in [9.17, 15) is 0 Å². The van der Waals surface area contributed by atoms with Gasteiger partial charge in [0, 0.05) is 0 Å². The van der Waals surface area contributed by atoms with Gasteiger partial charge in [-0.1, -0.05) is 13.8 Å². The minimum absolute atomic E-state index is 0.298. The Bertz CT molecular complexity index is 338. The predicted octanol–water partition coefficient (Wildman–Crippen LogP) is 2.82. The standard InChI is InChI=1S/C12H19NO/c1-8-7-9-5-6-12(2,3)11(13-4)10(9)14-8/h7,11,13H,5-6H2,1-4H3. The van der Waals surface area contributed by atoms with Gasteiger partial charge in [-0.25, -0.2) is 0 Å². The average molecular weight is 193 g/mol. The van der Waals surface area contributed by atoms with E-state index in [1.807, 2.05) is 14.0 Å². The van der Waals surface area contributed by atoms with E-state index >= 15 is 0 Å². The van der Waals surface area contributed by atoms with Crippen molar-refractivity contribution in [3.05, 3.63) is 23.2 Å². The molecular weight excluding hydrogens is 174 g/mol. The van der Waals surface area contributed by atoms with Crippen molar-refractivity contribution in [2.45, 2.75) is 39.7 Å². The van der Waals surface area contributed by atoms with Gasteiger partial charge in [0.25, 0.3) is 0 Å². The Kier molecular flexibility index (Phi) is 2.18. The fourth-order valence-electron chi connectivity index (χ4n) is 2.50. The summed E-state index contributed by atoms with van der Waals surface area (Å²) >= 11 is 0. The van der Waals surface area contributed by atoms with Gasteiger partial charge in [-0.15, -0.1) is 0 Å². The number of fused-ring (bicyclic) bond motifs is 1. The van der Waals surface area contributed by atoms with Crippen molar-refractivity contribution >= 4 is 0 Å². The van der Waals surface area contributed by atoms with Gasteiger partial charge in [-0.05, 0) is 43.9 Å². The van der Waals surface area contributed by atoms with Crippen LogP contribution in [0.2, 0.25) is 0 Å². The molecule has 1 aliphatic carbocycles. The summed E-state index contributed by atoms with van der Waals surface area (Å²) in [4.78, 5) is 0. The Morgan fingerprint density at radius 1 is 1.50 bits per heavy atom. The van der Waals surface area contributed by atoms with Gasteiger partial charge >= 0.3 is 0 Å². The molecule has 2 nitrogen and oxygen atoms in total. The quantitative estimate of drug-likeness (QED) is 0.742. The number of rotatable bonds is 1. The summed E-state index contributed by atoms with van der Waals surface area (Å²) in [5, 5.41) is 3.37. The maximum Gasteiger partial charge on any atom is 0.124 e. The third kappa shape index (κ3) is 1.38. The first-order chi connectivity index (χ1) is 6.54. The molecule has 0 saturated carbocycles. The lowest BCUT2D eigenvalue weighted by Crippen LogP contribution is -2.35. The second-order valence-corrected chi connectivity index (χ2v) is 4.96. The summed E-state index contributed by atoms with van der Waals surface area (Å²) in [5.74, 6) is 2.19. The Morgan fingerprint density at radius 3 is 2.86 bits per heavy atom. The summed E-state index contributed by atoms with van der Waals surface area (Å²) < 4.78 is 5.78. The minimum atomic E-state index is 0.298. The highest BCUT2D eigenvalue weighted by Crippen LogP contribution is 2.44. The normalized spacial score (nSPS) is 24.7. The molecule has 1 unspecified atom stereocenters. The van der Waals surface area contributed by atoms with Crippen molar-refractivity contribution in [3.8, 4) is 0 Å². The number of hydrogen-bond donors (Lipinski definition) is 1. The van der Waals surface area contributed by atoms with E-state index in [2.05, 4.69) is 25.2 Å². The molecule has 2 heteroatoms. The van der Waals surface area contributed by atoms with Crippen LogP contribution in [0.5, 0.6) is 0 Å². The monoisotopic (exact) mass is 193 g/mol. The topological polar surface area (TPSA) is 25.2 Å². The van der Waals surface area contributed by atoms with Crippen molar-refractivity contribution < 1.29 is 4.42 Å². The Morgan fingerprint density at radius 2 is 2.21 bits per heavy atom. The van der Waals surface area contributed by atoms with Crippen LogP contribution in [-0.2, 0) is 6.42 Å². The second-order valence-electron chi connectivity index (χ2n) is 4.96. The van der Waals surface area contributed by atoms with Crippen molar-refractivity contribution in [2.24, 2.45) is 5.41 Å². The van der Waals surface area contributed by atoms with Gasteiger partial charge in [0.2, 0.25) is 0 Å². The maximum absolute atomic E-state index is 5.78. The van der Waals surface area contributed by atoms with Crippen LogP contribution >= 0.6 is 0 Å². The highest BCUT2D eigenvalue weighted by atomic mass is 16.3. The van der Waals surface area contributed by atoms with E-state index < -0.39 is 0 Å². The average Bonchev–Trinajstić information content (AvgIpc) is 2.44. The molecule has 0 fully saturated rings. The molecular formula is C12H19NO. The van der Waals surface area contributed by atoms with Crippen molar-refractivity contribution in [2.75, 3.05) is 7.05 Å². The number of hydrogen-bond acceptors (Lipinski definition) is 2. The summed E-state index contributed by atoms with van der Waals surface area (Å²) in [6.07, 6.45) is 2.38. The molecule has 78 valence electrons. The molecule has 1 atom stereocenters. The first kappa shape index (κ1) is 9.78. The smallest absolute Gasteiger partial charge is 0.124 e. The van der Waals surface area contributed by atoms with Gasteiger partial charge in [0.1, 0.15) is 11.5 Å². The Balaban J connectivity index is 2.44. The molecule has 14 heavy (non-hydrogen) atoms. The lowest BCUT2D eigenvalue weighted by Gasteiger charge is -2.37. The molecule has 1 N–H and O–H groups in total. The Hall–Kier alpha value is -0.760. The van der Waals surface area contributed by atoms with Gasteiger partial charge in [-0.3, -0.25) is 0 Å². The summed E-state index contributed by atoms with van der Waals surface area (Å²) in [7, 11) is 2.01. The zero-order valence-corrected chi connectivity index (χ0v) is 9.48. The lowest BCUT2D eigenvalue weighted by molar-refractivity contribution is 0.188. The van der Waals surface area contributed by atoms with Crippen LogP contribution in [0, 0.1) is 12.3 Å². The van der Waals surface area contributed by atoms with Crippen molar-refractivity contribution in [3.63, 3.8) is 0 Å². The largest absolute Gasteiger partial charge is 0.464 e. The molecule has 1 aromatic heterocycles. The predicted molar refractivity (Wildman–Crippen MR) is 57.3 cm³/mol. The van der Waals surface area contributed by atoms with Gasteiger partial charge in [0.05, 0.1) is 6.04 Å². The first-order valence-corrected chi connectivity index (χ1v) is 5.31. The SMILES string of the molecule is CNC1c2oc(C)cc2CCC1(C)C. The second kappa shape index (κ2) is 3.13. The zero-order chi connectivity index (χ0) is 10.3. The fraction of sp³-hybridized carbons (Fsp3) is 0.667. The summed E-state index contributed by atoms with van der Waals surface area (Å²) in [6, 6.07) is 2.54. The van der Waals surface area contributed by atoms with E-state index in [4.69, 9.17) is 4.42 Å². The highest BCUT2D eigenvalue weighted by molar-refractivity contribution is 5.28. The number of furan rings is 1. The van der Waals surface area contributed by atoms with Crippen LogP contribution in [0.1, 0.15) is 43.4 Å². The van der Waals surface area contributed by atoms with E-state index in [1.54, 1.807) is 0 Å². The molecule has 1 aliphatic rings. The zero-order valence-electron chi connectivity index (χ0n) is 9.48. The highest BCUT2D eigenvalue weighted by Gasteiger charge is 2.37. The molecule has 1 heterocycles. The van der Waals surface area contributed by atoms with E-state index in [-0.39, 0.29) is 0 Å². The molecule has 0 aliphatic heterocycles. The molecule has 0 bridgehead atoms. The third-order valence-corrected chi connectivity index (χ3v) is 3.34. The summed E-state index contributed by atoms with van der Waals surface area (Å²) in [5.41, 5.74) is 1.69. The molecule has 0 aromatic carbocycles. The minimum Gasteiger partial charge on any atom is -0.464 e. The molecule has 0 spiro atoms. The number of aryl methyl sites for hydroxylation is 2. The van der Waals surface area contributed by atoms with Crippen LogP contribution in [0.15, 0.2) is 10.5 Å². The van der Waals surface area contributed by atoms with E-state index in [0.717, 1.165) is 17.9 Å². The third-order valence-electron chi connectivity index (χ3n) is 3.34. The van der Waals surface area contributed by atoms with Crippen molar-refractivity contribution in [1.82, 2.24) is 5.32 Å². The maximum atomic E-state index is 5.78. The van der Waals surface area contributed by atoms with Gasteiger partial charge in [-0.2, -0.15) is 0 Å². The van der Waals surface area contributed by atoms with E-state index in [1.165, 1.54) is 12.0 Å². The van der Waals surface area contributed by atoms with E-state index in [0.29, 0.717) is 11.5 Å². The van der Waals surface area contributed by atoms with Crippen molar-refractivity contribution in [1.29, 1.82) is 0 Å². The van der Waals surface area contributed by atoms with Crippen LogP contribution in [0.25, 0.3) is 0 Å². The molecule has 0 amide bonds. The van der Waals surface area contributed by atoms with Crippen LogP contribution in [0.4, 0.5) is 0 Å². The number of nitrogens with one attached hydrogen (secondary N) is 1. The summed E-state index contributed by atoms with van der Waals surface area (Å²) in [6.45, 7) is 6.63. The van der Waals surface area contributed by atoms with Crippen LogP contribution in [-0.4, -0.2) is 7.05 Å². The van der Waals surface area contributed by atoms with Crippen LogP contribution < -0.4 is 5.32 Å².